The zero-order valence-corrected chi connectivity index (χ0v) is 9.98. The fourth-order valence-corrected chi connectivity index (χ4v) is 1.78. The Bertz CT molecular complexity index is 420. The van der Waals surface area contributed by atoms with Crippen molar-refractivity contribution in [2.24, 2.45) is 0 Å². The zero-order chi connectivity index (χ0) is 13.0. The molecule has 1 saturated heterocycles. The highest BCUT2D eigenvalue weighted by Gasteiger charge is 2.33. The van der Waals surface area contributed by atoms with Crippen LogP contribution in [0.4, 0.5) is 0 Å². The Labute approximate surface area is 103 Å². The van der Waals surface area contributed by atoms with Crippen LogP contribution in [0.15, 0.2) is 12.4 Å². The van der Waals surface area contributed by atoms with Crippen molar-refractivity contribution < 1.29 is 19.1 Å². The van der Waals surface area contributed by atoms with Crippen LogP contribution in [0.2, 0.25) is 0 Å². The average Bonchev–Trinajstić information content (AvgIpc) is 2.90. The summed E-state index contributed by atoms with van der Waals surface area (Å²) in [7, 11) is 1.29. The molecule has 1 aromatic heterocycles. The number of amides is 1. The minimum absolute atomic E-state index is 0.0491. The molecule has 1 aromatic rings. The third-order valence-corrected chi connectivity index (χ3v) is 2.69. The Hall–Kier alpha value is -1.96. The van der Waals surface area contributed by atoms with E-state index < -0.39 is 12.0 Å². The molecule has 1 amide bonds. The maximum absolute atomic E-state index is 12.1. The normalized spacial score (nSPS) is 19.6. The van der Waals surface area contributed by atoms with Crippen LogP contribution in [0.25, 0.3) is 0 Å². The number of morpholine rings is 1. The number of nitrogens with zero attached hydrogens (tertiary/aromatic N) is 4. The quantitative estimate of drug-likeness (QED) is 0.622. The highest BCUT2D eigenvalue weighted by Crippen LogP contribution is 2.09. The first kappa shape index (κ1) is 12.5. The van der Waals surface area contributed by atoms with Gasteiger partial charge in [-0.2, -0.15) is 0 Å². The number of ether oxygens (including phenoxy) is 2. The van der Waals surface area contributed by atoms with E-state index >= 15 is 0 Å². The van der Waals surface area contributed by atoms with Crippen molar-refractivity contribution in [2.75, 3.05) is 26.9 Å². The van der Waals surface area contributed by atoms with Crippen LogP contribution in [-0.2, 0) is 25.6 Å². The Balaban J connectivity index is 2.04. The van der Waals surface area contributed by atoms with E-state index in [0.717, 1.165) is 0 Å². The van der Waals surface area contributed by atoms with Gasteiger partial charge in [0.1, 0.15) is 6.54 Å². The summed E-state index contributed by atoms with van der Waals surface area (Å²) in [5.41, 5.74) is 0. The standard InChI is InChI=1S/C10H14N4O4/c1-17-10(16)8-7-18-5-4-14(8)9(15)6-13-3-2-11-12-13/h2-3,8H,4-7H2,1H3. The lowest BCUT2D eigenvalue weighted by Crippen LogP contribution is -2.53. The molecule has 8 nitrogen and oxygen atoms in total. The van der Waals surface area contributed by atoms with Gasteiger partial charge < -0.3 is 14.4 Å². The van der Waals surface area contributed by atoms with Gasteiger partial charge in [-0.1, -0.05) is 5.21 Å². The zero-order valence-electron chi connectivity index (χ0n) is 9.98. The van der Waals surface area contributed by atoms with Gasteiger partial charge in [0.2, 0.25) is 5.91 Å². The van der Waals surface area contributed by atoms with Gasteiger partial charge in [-0.05, 0) is 0 Å². The largest absolute Gasteiger partial charge is 0.467 e. The van der Waals surface area contributed by atoms with Crippen molar-refractivity contribution in [1.29, 1.82) is 0 Å². The van der Waals surface area contributed by atoms with Gasteiger partial charge in [-0.3, -0.25) is 4.79 Å². The summed E-state index contributed by atoms with van der Waals surface area (Å²) in [6, 6.07) is -0.681. The maximum atomic E-state index is 12.1. The van der Waals surface area contributed by atoms with E-state index in [1.165, 1.54) is 22.9 Å². The second-order valence-corrected chi connectivity index (χ2v) is 3.80. The number of aromatic nitrogens is 3. The van der Waals surface area contributed by atoms with E-state index in [1.807, 2.05) is 0 Å². The molecule has 1 aliphatic rings. The molecule has 1 atom stereocenters. The first-order valence-electron chi connectivity index (χ1n) is 5.51. The van der Waals surface area contributed by atoms with Crippen LogP contribution in [0, 0.1) is 0 Å². The number of carbonyl (C=O) groups excluding carboxylic acids is 2. The van der Waals surface area contributed by atoms with Gasteiger partial charge in [0.25, 0.3) is 0 Å². The first-order valence-corrected chi connectivity index (χ1v) is 5.51. The van der Waals surface area contributed by atoms with E-state index in [-0.39, 0.29) is 19.1 Å². The summed E-state index contributed by atoms with van der Waals surface area (Å²) in [6.45, 7) is 0.993. The van der Waals surface area contributed by atoms with Gasteiger partial charge in [-0.25, -0.2) is 9.48 Å². The Morgan fingerprint density at radius 3 is 3.06 bits per heavy atom. The second-order valence-electron chi connectivity index (χ2n) is 3.80. The van der Waals surface area contributed by atoms with E-state index in [1.54, 1.807) is 6.20 Å². The van der Waals surface area contributed by atoms with Crippen molar-refractivity contribution in [3.63, 3.8) is 0 Å². The van der Waals surface area contributed by atoms with Crippen LogP contribution < -0.4 is 0 Å². The fourth-order valence-electron chi connectivity index (χ4n) is 1.78. The van der Waals surface area contributed by atoms with Crippen molar-refractivity contribution in [3.05, 3.63) is 12.4 Å². The minimum Gasteiger partial charge on any atom is -0.467 e. The molecule has 18 heavy (non-hydrogen) atoms. The highest BCUT2D eigenvalue weighted by atomic mass is 16.5. The van der Waals surface area contributed by atoms with Crippen LogP contribution in [-0.4, -0.2) is 64.7 Å². The predicted octanol–water partition coefficient (Wildman–Crippen LogP) is -1.32. The third-order valence-electron chi connectivity index (χ3n) is 2.69. The molecular weight excluding hydrogens is 240 g/mol. The average molecular weight is 254 g/mol. The molecule has 1 fully saturated rings. The van der Waals surface area contributed by atoms with Crippen molar-refractivity contribution in [1.82, 2.24) is 19.9 Å². The molecule has 0 N–H and O–H groups in total. The molecule has 0 aliphatic carbocycles. The molecule has 0 saturated carbocycles. The monoisotopic (exact) mass is 254 g/mol. The van der Waals surface area contributed by atoms with E-state index in [9.17, 15) is 9.59 Å². The molecule has 0 spiro atoms. The lowest BCUT2D eigenvalue weighted by Gasteiger charge is -2.33. The predicted molar refractivity (Wildman–Crippen MR) is 58.4 cm³/mol. The third kappa shape index (κ3) is 2.65. The molecule has 8 heteroatoms. The summed E-state index contributed by atoms with van der Waals surface area (Å²) in [6.07, 6.45) is 3.08. The molecule has 0 aromatic carbocycles. The molecule has 0 radical (unpaired) electrons. The topological polar surface area (TPSA) is 86.5 Å². The van der Waals surface area contributed by atoms with E-state index in [0.29, 0.717) is 13.2 Å². The molecular formula is C10H14N4O4. The van der Waals surface area contributed by atoms with Crippen molar-refractivity contribution in [2.45, 2.75) is 12.6 Å². The lowest BCUT2D eigenvalue weighted by molar-refractivity contribution is -0.161. The minimum atomic E-state index is -0.681. The Morgan fingerprint density at radius 1 is 1.56 bits per heavy atom. The molecule has 1 unspecified atom stereocenters. The van der Waals surface area contributed by atoms with E-state index in [4.69, 9.17) is 4.74 Å². The Kier molecular flexibility index (Phi) is 3.88. The first-order chi connectivity index (χ1) is 8.72. The number of hydrogen-bond donors (Lipinski definition) is 0. The van der Waals surface area contributed by atoms with Gasteiger partial charge in [-0.15, -0.1) is 5.10 Å². The summed E-state index contributed by atoms with van der Waals surface area (Å²) in [4.78, 5) is 25.1. The fraction of sp³-hybridized carbons (Fsp3) is 0.600. The smallest absolute Gasteiger partial charge is 0.331 e. The number of hydrogen-bond acceptors (Lipinski definition) is 6. The number of rotatable bonds is 3. The Morgan fingerprint density at radius 2 is 2.39 bits per heavy atom. The summed E-state index contributed by atoms with van der Waals surface area (Å²) < 4.78 is 11.3. The summed E-state index contributed by atoms with van der Waals surface area (Å²) in [5, 5.41) is 7.33. The SMILES string of the molecule is COC(=O)C1COCCN1C(=O)Cn1ccnn1. The van der Waals surface area contributed by atoms with Gasteiger partial charge >= 0.3 is 5.97 Å². The van der Waals surface area contributed by atoms with Crippen molar-refractivity contribution in [3.8, 4) is 0 Å². The van der Waals surface area contributed by atoms with Crippen molar-refractivity contribution >= 4 is 11.9 Å². The van der Waals surface area contributed by atoms with Crippen LogP contribution in [0.5, 0.6) is 0 Å². The van der Waals surface area contributed by atoms with Gasteiger partial charge in [0.15, 0.2) is 6.04 Å². The lowest BCUT2D eigenvalue weighted by atomic mass is 10.2. The van der Waals surface area contributed by atoms with Crippen LogP contribution in [0.1, 0.15) is 0 Å². The number of carbonyl (C=O) groups is 2. The second kappa shape index (κ2) is 5.58. The van der Waals surface area contributed by atoms with Crippen LogP contribution in [0.3, 0.4) is 0 Å². The van der Waals surface area contributed by atoms with Gasteiger partial charge in [0.05, 0.1) is 26.5 Å². The van der Waals surface area contributed by atoms with Crippen LogP contribution >= 0.6 is 0 Å². The summed E-state index contributed by atoms with van der Waals surface area (Å²) >= 11 is 0. The molecule has 1 aliphatic heterocycles. The van der Waals surface area contributed by atoms with E-state index in [2.05, 4.69) is 15.0 Å². The highest BCUT2D eigenvalue weighted by molar-refractivity contribution is 5.84. The number of esters is 1. The number of methoxy groups -OCH3 is 1. The molecule has 2 heterocycles. The molecule has 98 valence electrons. The van der Waals surface area contributed by atoms with Gasteiger partial charge in [0, 0.05) is 12.7 Å². The molecule has 2 rings (SSSR count). The maximum Gasteiger partial charge on any atom is 0.331 e. The molecule has 0 bridgehead atoms. The summed E-state index contributed by atoms with van der Waals surface area (Å²) in [5.74, 6) is -0.680.